The predicted octanol–water partition coefficient (Wildman–Crippen LogP) is 3.81. The highest BCUT2D eigenvalue weighted by Gasteiger charge is 2.17. The van der Waals surface area contributed by atoms with E-state index in [9.17, 15) is 0 Å². The van der Waals surface area contributed by atoms with Crippen LogP contribution in [-0.2, 0) is 0 Å². The fraction of sp³-hybridized carbons (Fsp3) is 1.00. The first-order valence-electron chi connectivity index (χ1n) is 8.81. The minimum absolute atomic E-state index is 0.830. The lowest BCUT2D eigenvalue weighted by Gasteiger charge is -2.33. The number of hydrogen-bond donors (Lipinski definition) is 1. The van der Waals surface area contributed by atoms with Gasteiger partial charge in [0.15, 0.2) is 0 Å². The van der Waals surface area contributed by atoms with Gasteiger partial charge in [0.1, 0.15) is 0 Å². The van der Waals surface area contributed by atoms with E-state index in [0.29, 0.717) is 0 Å². The van der Waals surface area contributed by atoms with Crippen molar-refractivity contribution in [2.24, 2.45) is 5.92 Å². The van der Waals surface area contributed by atoms with E-state index in [-0.39, 0.29) is 0 Å². The minimum atomic E-state index is 0.830. The van der Waals surface area contributed by atoms with Crippen LogP contribution in [0.4, 0.5) is 0 Å². The molecule has 2 nitrogen and oxygen atoms in total. The van der Waals surface area contributed by atoms with Crippen LogP contribution in [0, 0.1) is 5.92 Å². The van der Waals surface area contributed by atoms with E-state index >= 15 is 0 Å². The Morgan fingerprint density at radius 2 is 1.74 bits per heavy atom. The zero-order valence-electron chi connectivity index (χ0n) is 13.0. The first-order chi connectivity index (χ1) is 9.36. The summed E-state index contributed by atoms with van der Waals surface area (Å²) in [5.41, 5.74) is 0. The molecule has 1 atom stereocenters. The Bertz CT molecular complexity index is 223. The van der Waals surface area contributed by atoms with Crippen molar-refractivity contribution in [2.75, 3.05) is 26.2 Å². The fourth-order valence-corrected chi connectivity index (χ4v) is 3.80. The number of nitrogens with one attached hydrogen (secondary N) is 1. The smallest absolute Gasteiger partial charge is 0.00669 e. The van der Waals surface area contributed by atoms with E-state index in [2.05, 4.69) is 17.1 Å². The molecule has 0 bridgehead atoms. The molecule has 19 heavy (non-hydrogen) atoms. The first-order valence-corrected chi connectivity index (χ1v) is 8.81. The maximum Gasteiger partial charge on any atom is 0.00669 e. The van der Waals surface area contributed by atoms with Crippen molar-refractivity contribution in [1.82, 2.24) is 10.2 Å². The van der Waals surface area contributed by atoms with Crippen LogP contribution in [-0.4, -0.2) is 37.1 Å². The maximum atomic E-state index is 3.66. The van der Waals surface area contributed by atoms with Crippen molar-refractivity contribution in [2.45, 2.75) is 77.2 Å². The van der Waals surface area contributed by atoms with Gasteiger partial charge >= 0.3 is 0 Å². The average molecular weight is 266 g/mol. The molecule has 1 saturated carbocycles. The maximum absolute atomic E-state index is 3.66. The van der Waals surface area contributed by atoms with E-state index in [0.717, 1.165) is 12.0 Å². The zero-order valence-corrected chi connectivity index (χ0v) is 13.0. The van der Waals surface area contributed by atoms with Crippen LogP contribution >= 0.6 is 0 Å². The molecular formula is C17H34N2. The van der Waals surface area contributed by atoms with Gasteiger partial charge in [-0.2, -0.15) is 0 Å². The van der Waals surface area contributed by atoms with Crippen molar-refractivity contribution < 1.29 is 0 Å². The number of piperidine rings is 1. The van der Waals surface area contributed by atoms with Crippen LogP contribution in [0.15, 0.2) is 0 Å². The summed E-state index contributed by atoms with van der Waals surface area (Å²) in [6, 6.07) is 0.830. The van der Waals surface area contributed by atoms with Gasteiger partial charge in [-0.25, -0.2) is 0 Å². The quantitative estimate of drug-likeness (QED) is 0.705. The van der Waals surface area contributed by atoms with Gasteiger partial charge in [0.05, 0.1) is 0 Å². The van der Waals surface area contributed by atoms with Gasteiger partial charge in [-0.05, 0) is 64.7 Å². The number of hydrogen-bond acceptors (Lipinski definition) is 2. The predicted molar refractivity (Wildman–Crippen MR) is 83.6 cm³/mol. The molecule has 0 aromatic carbocycles. The van der Waals surface area contributed by atoms with Gasteiger partial charge in [0.25, 0.3) is 0 Å². The Kier molecular flexibility index (Phi) is 7.23. The molecule has 2 heteroatoms. The summed E-state index contributed by atoms with van der Waals surface area (Å²) in [6.07, 6.45) is 14.5. The SMILES string of the molecule is CC1CCCCN1CCCNCCC1CCCCC1. The molecule has 2 fully saturated rings. The highest BCUT2D eigenvalue weighted by Crippen LogP contribution is 2.25. The van der Waals surface area contributed by atoms with Gasteiger partial charge in [-0.3, -0.25) is 0 Å². The van der Waals surface area contributed by atoms with Crippen LogP contribution in [0.2, 0.25) is 0 Å². The van der Waals surface area contributed by atoms with E-state index in [4.69, 9.17) is 0 Å². The van der Waals surface area contributed by atoms with Crippen molar-refractivity contribution in [3.8, 4) is 0 Å². The third kappa shape index (κ3) is 5.83. The van der Waals surface area contributed by atoms with Gasteiger partial charge in [-0.1, -0.05) is 38.5 Å². The molecule has 0 spiro atoms. The van der Waals surface area contributed by atoms with Crippen LogP contribution in [0.3, 0.4) is 0 Å². The molecule has 2 rings (SSSR count). The fourth-order valence-electron chi connectivity index (χ4n) is 3.80. The van der Waals surface area contributed by atoms with E-state index < -0.39 is 0 Å². The molecule has 1 aliphatic carbocycles. The van der Waals surface area contributed by atoms with Crippen molar-refractivity contribution in [1.29, 1.82) is 0 Å². The second-order valence-electron chi connectivity index (χ2n) is 6.78. The molecule has 2 aliphatic rings. The summed E-state index contributed by atoms with van der Waals surface area (Å²) >= 11 is 0. The molecule has 112 valence electrons. The molecule has 1 heterocycles. The lowest BCUT2D eigenvalue weighted by Crippen LogP contribution is -2.39. The third-order valence-electron chi connectivity index (χ3n) is 5.19. The third-order valence-corrected chi connectivity index (χ3v) is 5.19. The van der Waals surface area contributed by atoms with E-state index in [1.54, 1.807) is 0 Å². The summed E-state index contributed by atoms with van der Waals surface area (Å²) in [5, 5.41) is 3.66. The highest BCUT2D eigenvalue weighted by atomic mass is 15.2. The topological polar surface area (TPSA) is 15.3 Å². The summed E-state index contributed by atoms with van der Waals surface area (Å²) in [6.45, 7) is 7.51. The van der Waals surface area contributed by atoms with Crippen molar-refractivity contribution in [3.05, 3.63) is 0 Å². The van der Waals surface area contributed by atoms with Crippen LogP contribution < -0.4 is 5.32 Å². The number of rotatable bonds is 7. The lowest BCUT2D eigenvalue weighted by atomic mass is 9.87. The van der Waals surface area contributed by atoms with Gasteiger partial charge in [0.2, 0.25) is 0 Å². The van der Waals surface area contributed by atoms with Gasteiger partial charge in [-0.15, -0.1) is 0 Å². The molecule has 0 aromatic rings. The van der Waals surface area contributed by atoms with Crippen LogP contribution in [0.5, 0.6) is 0 Å². The average Bonchev–Trinajstić information content (AvgIpc) is 2.45. The zero-order chi connectivity index (χ0) is 13.3. The number of likely N-dealkylation sites (tertiary alicyclic amines) is 1. The largest absolute Gasteiger partial charge is 0.317 e. The van der Waals surface area contributed by atoms with Gasteiger partial charge in [0, 0.05) is 6.04 Å². The first kappa shape index (κ1) is 15.3. The molecule has 1 aliphatic heterocycles. The Hall–Kier alpha value is -0.0800. The Balaban J connectivity index is 1.43. The monoisotopic (exact) mass is 266 g/mol. The summed E-state index contributed by atoms with van der Waals surface area (Å²) < 4.78 is 0. The van der Waals surface area contributed by atoms with Crippen LogP contribution in [0.25, 0.3) is 0 Å². The van der Waals surface area contributed by atoms with Gasteiger partial charge < -0.3 is 10.2 Å². The normalized spacial score (nSPS) is 26.7. The molecular weight excluding hydrogens is 232 g/mol. The Morgan fingerprint density at radius 3 is 2.53 bits per heavy atom. The second-order valence-corrected chi connectivity index (χ2v) is 6.78. The Labute approximate surface area is 120 Å². The summed E-state index contributed by atoms with van der Waals surface area (Å²) in [4.78, 5) is 2.69. The van der Waals surface area contributed by atoms with E-state index in [1.807, 2.05) is 0 Å². The highest BCUT2D eigenvalue weighted by molar-refractivity contribution is 4.73. The van der Waals surface area contributed by atoms with E-state index in [1.165, 1.54) is 90.4 Å². The molecule has 0 amide bonds. The molecule has 0 aromatic heterocycles. The second kappa shape index (κ2) is 8.97. The molecule has 0 radical (unpaired) electrons. The summed E-state index contributed by atoms with van der Waals surface area (Å²) in [7, 11) is 0. The van der Waals surface area contributed by atoms with Crippen LogP contribution in [0.1, 0.15) is 71.1 Å². The lowest BCUT2D eigenvalue weighted by molar-refractivity contribution is 0.159. The molecule has 1 unspecified atom stereocenters. The minimum Gasteiger partial charge on any atom is -0.317 e. The standard InChI is InChI=1S/C17H34N2/c1-16-8-5-6-14-19(16)15-7-12-18-13-11-17-9-3-2-4-10-17/h16-18H,2-15H2,1H3. The van der Waals surface area contributed by atoms with Crippen molar-refractivity contribution in [3.63, 3.8) is 0 Å². The Morgan fingerprint density at radius 1 is 0.947 bits per heavy atom. The molecule has 1 saturated heterocycles. The van der Waals surface area contributed by atoms with Crippen molar-refractivity contribution >= 4 is 0 Å². The molecule has 1 N–H and O–H groups in total. The summed E-state index contributed by atoms with van der Waals surface area (Å²) in [5.74, 6) is 1.03. The number of nitrogens with zero attached hydrogens (tertiary/aromatic N) is 1.